The van der Waals surface area contributed by atoms with Crippen molar-refractivity contribution in [2.75, 3.05) is 0 Å². The smallest absolute Gasteiger partial charge is 0.271 e. The lowest BCUT2D eigenvalue weighted by Crippen LogP contribution is -2.46. The van der Waals surface area contributed by atoms with Gasteiger partial charge in [0.1, 0.15) is 45.7 Å². The summed E-state index contributed by atoms with van der Waals surface area (Å²) in [4.78, 5) is 76.6. The molecule has 0 aliphatic carbocycles. The van der Waals surface area contributed by atoms with Gasteiger partial charge in [-0.2, -0.15) is 0 Å². The van der Waals surface area contributed by atoms with Gasteiger partial charge in [-0.3, -0.25) is 19.2 Å². The van der Waals surface area contributed by atoms with Crippen LogP contribution >= 0.6 is 22.7 Å². The lowest BCUT2D eigenvalue weighted by atomic mass is 9.98. The van der Waals surface area contributed by atoms with Gasteiger partial charge in [-0.1, -0.05) is 78.3 Å². The fourth-order valence-corrected chi connectivity index (χ4v) is 9.23. The molecular weight excluding hydrogens is 765 g/mol. The zero-order chi connectivity index (χ0) is 41.3. The number of fused-ring (bicyclic) bond motifs is 6. The topological polar surface area (TPSA) is 185 Å². The highest BCUT2D eigenvalue weighted by atomic mass is 32.1. The third kappa shape index (κ3) is 9.06. The molecule has 4 N–H and O–H groups in total. The summed E-state index contributed by atoms with van der Waals surface area (Å²) in [6, 6.07) is 5.58. The van der Waals surface area contributed by atoms with Gasteiger partial charge in [0.15, 0.2) is 12.1 Å². The van der Waals surface area contributed by atoms with E-state index < -0.39 is 60.3 Å². The van der Waals surface area contributed by atoms with Crippen LogP contribution in [0.4, 0.5) is 0 Å². The average molecular weight is 819 g/mol. The van der Waals surface area contributed by atoms with Gasteiger partial charge in [0.2, 0.25) is 23.6 Å². The molecule has 4 amide bonds. The maximum atomic E-state index is 14.2. The van der Waals surface area contributed by atoms with Crippen LogP contribution in [-0.2, 0) is 25.5 Å². The number of aliphatic imine (C=N–C) groups is 2. The molecule has 9 atom stereocenters. The maximum absolute atomic E-state index is 14.2. The molecule has 0 fully saturated rings. The first kappa shape index (κ1) is 41.9. The van der Waals surface area contributed by atoms with Gasteiger partial charge in [0, 0.05) is 9.75 Å². The number of benzene rings is 1. The molecule has 1 aromatic carbocycles. The summed E-state index contributed by atoms with van der Waals surface area (Å²) in [5.41, 5.74) is 1.44. The number of carbonyl (C=O) groups excluding carboxylic acids is 4. The monoisotopic (exact) mass is 818 g/mol. The first-order valence-electron chi connectivity index (χ1n) is 19.8. The number of aromatic nitrogens is 2. The number of carbonyl (C=O) groups is 4. The summed E-state index contributed by atoms with van der Waals surface area (Å²) in [6.45, 7) is 19.0. The van der Waals surface area contributed by atoms with Crippen LogP contribution in [0.1, 0.15) is 120 Å². The fraction of sp³-hybridized carbons (Fsp3) is 0.561. The standard InChI is InChI=1S/C41H54N8O6S2/c1-11-20(6)29-39-47-30(21(7)55-39)34(50)42-26(17-25-15-13-12-14-16-25)40-48-32(23(9)56-40)36(52)43-27(18(2)3)38-46-31(22(8)54-38)35(51)44-28(19(4)5)41-49-33(24(10)57-41)37(53)45-29/h12-16,18-22,26-31H,11,17H2,1-10H3,(H,42,50)(H,43,52)(H,44,51)(H,45,53)/t20-,21+,22+,26+,27-,28+,29-,30?,31?/m0/s1. The first-order chi connectivity index (χ1) is 27.1. The van der Waals surface area contributed by atoms with Gasteiger partial charge >= 0.3 is 0 Å². The van der Waals surface area contributed by atoms with Crippen LogP contribution in [0.3, 0.4) is 0 Å². The van der Waals surface area contributed by atoms with Crippen LogP contribution in [0.2, 0.25) is 0 Å². The molecule has 306 valence electrons. The molecule has 5 heterocycles. The van der Waals surface area contributed by atoms with E-state index in [0.29, 0.717) is 32.6 Å². The van der Waals surface area contributed by atoms with Gasteiger partial charge in [-0.05, 0) is 57.4 Å². The van der Waals surface area contributed by atoms with Gasteiger partial charge in [0.05, 0.1) is 12.1 Å². The number of rotatable bonds is 6. The van der Waals surface area contributed by atoms with E-state index in [1.54, 1.807) is 13.8 Å². The van der Waals surface area contributed by atoms with Gasteiger partial charge in [-0.25, -0.2) is 20.0 Å². The van der Waals surface area contributed by atoms with Crippen LogP contribution < -0.4 is 21.3 Å². The van der Waals surface area contributed by atoms with Gasteiger partial charge in [0.25, 0.3) is 11.8 Å². The lowest BCUT2D eigenvalue weighted by Gasteiger charge is -2.24. The normalized spacial score (nSPS) is 27.6. The van der Waals surface area contributed by atoms with Crippen molar-refractivity contribution < 1.29 is 28.7 Å². The highest BCUT2D eigenvalue weighted by Crippen LogP contribution is 2.31. The Labute approximate surface area is 342 Å². The quantitative estimate of drug-likeness (QED) is 0.254. The molecule has 16 heteroatoms. The summed E-state index contributed by atoms with van der Waals surface area (Å²) in [6.07, 6.45) is -0.104. The predicted octanol–water partition coefficient (Wildman–Crippen LogP) is 5.41. The van der Waals surface area contributed by atoms with Crippen molar-refractivity contribution in [2.45, 2.75) is 131 Å². The molecule has 6 rings (SSSR count). The Bertz CT molecular complexity index is 2040. The summed E-state index contributed by atoms with van der Waals surface area (Å²) in [5, 5.41) is 13.6. The molecule has 0 saturated heterocycles. The zero-order valence-electron chi connectivity index (χ0n) is 34.2. The van der Waals surface area contributed by atoms with E-state index in [4.69, 9.17) is 29.4 Å². The molecule has 2 aromatic heterocycles. The molecule has 57 heavy (non-hydrogen) atoms. The Kier molecular flexibility index (Phi) is 12.8. The number of thiazole rings is 2. The number of hydrogen-bond donors (Lipinski definition) is 4. The minimum absolute atomic E-state index is 0.0741. The van der Waals surface area contributed by atoms with E-state index in [9.17, 15) is 19.2 Å². The second kappa shape index (κ2) is 17.4. The number of aryl methyl sites for hydroxylation is 2. The third-order valence-corrected chi connectivity index (χ3v) is 12.9. The van der Waals surface area contributed by atoms with Crippen molar-refractivity contribution in [1.29, 1.82) is 0 Å². The Hall–Kier alpha value is -4.70. The summed E-state index contributed by atoms with van der Waals surface area (Å²) >= 11 is 2.68. The van der Waals surface area contributed by atoms with E-state index in [2.05, 4.69) is 21.3 Å². The van der Waals surface area contributed by atoms with E-state index in [1.807, 2.05) is 85.7 Å². The Morgan fingerprint density at radius 2 is 1.16 bits per heavy atom. The number of amides is 4. The van der Waals surface area contributed by atoms with Crippen LogP contribution in [0, 0.1) is 31.6 Å². The van der Waals surface area contributed by atoms with Gasteiger partial charge < -0.3 is 30.7 Å². The van der Waals surface area contributed by atoms with E-state index >= 15 is 0 Å². The highest BCUT2D eigenvalue weighted by molar-refractivity contribution is 7.12. The maximum Gasteiger partial charge on any atom is 0.271 e. The highest BCUT2D eigenvalue weighted by Gasteiger charge is 2.42. The Balaban J connectivity index is 1.42. The number of hydrogen-bond acceptors (Lipinski definition) is 12. The lowest BCUT2D eigenvalue weighted by molar-refractivity contribution is -0.125. The fourth-order valence-electron chi connectivity index (χ4n) is 7.12. The summed E-state index contributed by atoms with van der Waals surface area (Å²) in [7, 11) is 0. The SMILES string of the molecule is CC[C@H](C)[C@@H]1NC(=O)c2nc(sc2C)[C@@H](C(C)C)NC(=O)C2N=C(O[C@@H]2C)[C@H](C(C)C)NC(=O)c2nc(sc2C)[C@@H](Cc2ccccc2)NC(=O)C2N=C1O[C@@H]2C. The molecule has 8 bridgehead atoms. The Morgan fingerprint density at radius 3 is 1.70 bits per heavy atom. The summed E-state index contributed by atoms with van der Waals surface area (Å²) < 4.78 is 12.4. The molecule has 3 aliphatic heterocycles. The number of ether oxygens (including phenoxy) is 2. The van der Waals surface area contributed by atoms with Crippen molar-refractivity contribution in [3.05, 3.63) is 67.1 Å². The molecule has 0 radical (unpaired) electrons. The van der Waals surface area contributed by atoms with Crippen molar-refractivity contribution in [1.82, 2.24) is 31.2 Å². The number of nitrogens with zero attached hydrogens (tertiary/aromatic N) is 4. The molecule has 3 aromatic rings. The molecule has 0 saturated carbocycles. The van der Waals surface area contributed by atoms with E-state index in [0.717, 1.165) is 5.56 Å². The van der Waals surface area contributed by atoms with Crippen molar-refractivity contribution in [3.8, 4) is 0 Å². The summed E-state index contributed by atoms with van der Waals surface area (Å²) in [5.74, 6) is -1.29. The van der Waals surface area contributed by atoms with E-state index in [-0.39, 0.29) is 52.8 Å². The minimum atomic E-state index is -0.899. The number of nitrogens with one attached hydrogen (secondary N) is 4. The largest absolute Gasteiger partial charge is 0.474 e. The molecule has 0 spiro atoms. The molecule has 2 unspecified atom stereocenters. The molecule has 3 aliphatic rings. The van der Waals surface area contributed by atoms with Crippen molar-refractivity contribution >= 4 is 58.1 Å². The van der Waals surface area contributed by atoms with Crippen molar-refractivity contribution in [2.24, 2.45) is 27.7 Å². The van der Waals surface area contributed by atoms with Crippen LogP contribution in [0.15, 0.2) is 40.3 Å². The van der Waals surface area contributed by atoms with Crippen LogP contribution in [-0.4, -0.2) is 81.8 Å². The van der Waals surface area contributed by atoms with Crippen LogP contribution in [0.25, 0.3) is 0 Å². The Morgan fingerprint density at radius 1 is 0.667 bits per heavy atom. The molecule has 14 nitrogen and oxygen atoms in total. The van der Waals surface area contributed by atoms with Gasteiger partial charge in [-0.15, -0.1) is 22.7 Å². The molecular formula is C41H54N8O6S2. The average Bonchev–Trinajstić information content (AvgIpc) is 3.95. The second-order valence-corrected chi connectivity index (χ2v) is 18.4. The van der Waals surface area contributed by atoms with Crippen molar-refractivity contribution in [3.63, 3.8) is 0 Å². The first-order valence-corrected chi connectivity index (χ1v) is 21.4. The predicted molar refractivity (Wildman–Crippen MR) is 221 cm³/mol. The minimum Gasteiger partial charge on any atom is -0.474 e. The van der Waals surface area contributed by atoms with E-state index in [1.165, 1.54) is 22.7 Å². The van der Waals surface area contributed by atoms with Crippen LogP contribution in [0.5, 0.6) is 0 Å². The zero-order valence-corrected chi connectivity index (χ0v) is 35.8. The third-order valence-electron chi connectivity index (χ3n) is 10.7. The second-order valence-electron chi connectivity index (χ2n) is 15.9.